The van der Waals surface area contributed by atoms with Crippen LogP contribution in [0.15, 0.2) is 24.3 Å². The zero-order chi connectivity index (χ0) is 21.0. The lowest BCUT2D eigenvalue weighted by Crippen LogP contribution is -2.69. The molecule has 0 bridgehead atoms. The Balaban J connectivity index is 2.89. The van der Waals surface area contributed by atoms with E-state index in [1.807, 2.05) is 0 Å². The maximum atomic E-state index is 14.1. The first-order chi connectivity index (χ1) is 12.3. The van der Waals surface area contributed by atoms with Crippen LogP contribution in [-0.4, -0.2) is 49.5 Å². The van der Waals surface area contributed by atoms with Gasteiger partial charge in [-0.1, -0.05) is 13.2 Å². The number of carbonyl (C=O) groups excluding carboxylic acids is 2. The van der Waals surface area contributed by atoms with E-state index in [2.05, 4.69) is 17.9 Å². The summed E-state index contributed by atoms with van der Waals surface area (Å²) in [4.78, 5) is 22.6. The number of alkyl halides is 5. The highest BCUT2D eigenvalue weighted by molar-refractivity contribution is 5.87. The molecule has 0 radical (unpaired) electrons. The van der Waals surface area contributed by atoms with Gasteiger partial charge in [-0.25, -0.2) is 9.59 Å². The smallest absolute Gasteiger partial charge is 0.456 e. The summed E-state index contributed by atoms with van der Waals surface area (Å²) in [5.41, 5.74) is -2.86. The average Bonchev–Trinajstić information content (AvgIpc) is 2.52. The van der Waals surface area contributed by atoms with Gasteiger partial charge in [-0.3, -0.25) is 0 Å². The Morgan fingerprint density at radius 3 is 1.89 bits per heavy atom. The number of rotatable bonds is 9. The molecule has 2 atom stereocenters. The van der Waals surface area contributed by atoms with E-state index in [0.29, 0.717) is 0 Å². The van der Waals surface area contributed by atoms with Crippen molar-refractivity contribution in [1.82, 2.24) is 0 Å². The van der Waals surface area contributed by atoms with E-state index in [1.165, 1.54) is 13.8 Å². The highest BCUT2D eigenvalue weighted by Crippen LogP contribution is 2.55. The van der Waals surface area contributed by atoms with Crippen molar-refractivity contribution in [2.24, 2.45) is 5.92 Å². The summed E-state index contributed by atoms with van der Waals surface area (Å²) in [5, 5.41) is 0. The Morgan fingerprint density at radius 2 is 1.52 bits per heavy atom. The summed E-state index contributed by atoms with van der Waals surface area (Å²) in [5.74, 6) is -8.13. The molecule has 0 aromatic rings. The third kappa shape index (κ3) is 4.85. The first kappa shape index (κ1) is 23.1. The minimum absolute atomic E-state index is 0.0237. The van der Waals surface area contributed by atoms with Crippen molar-refractivity contribution in [1.29, 1.82) is 0 Å². The van der Waals surface area contributed by atoms with E-state index in [1.54, 1.807) is 0 Å². The molecule has 1 heterocycles. The summed E-state index contributed by atoms with van der Waals surface area (Å²) >= 11 is 0. The SMILES string of the molecule is C=C(C)C(=O)OCCC1COC1(CCOC(=O)C(=C)C)C(F)(F)C(F)(F)F. The van der Waals surface area contributed by atoms with Crippen molar-refractivity contribution >= 4 is 11.9 Å². The summed E-state index contributed by atoms with van der Waals surface area (Å²) in [7, 11) is 0. The lowest BCUT2D eigenvalue weighted by molar-refractivity contribution is -0.399. The highest BCUT2D eigenvalue weighted by Gasteiger charge is 2.75. The third-order valence-corrected chi connectivity index (χ3v) is 4.19. The van der Waals surface area contributed by atoms with Crippen molar-refractivity contribution in [3.8, 4) is 0 Å². The molecule has 1 aliphatic heterocycles. The van der Waals surface area contributed by atoms with E-state index in [-0.39, 0.29) is 30.8 Å². The van der Waals surface area contributed by atoms with Crippen molar-refractivity contribution in [3.63, 3.8) is 0 Å². The van der Waals surface area contributed by atoms with Gasteiger partial charge in [0.1, 0.15) is 5.60 Å². The van der Waals surface area contributed by atoms with Gasteiger partial charge in [-0.2, -0.15) is 22.0 Å². The quantitative estimate of drug-likeness (QED) is 0.336. The van der Waals surface area contributed by atoms with Gasteiger partial charge in [-0.15, -0.1) is 0 Å². The zero-order valence-corrected chi connectivity index (χ0v) is 15.0. The molecule has 2 unspecified atom stereocenters. The summed E-state index contributed by atoms with van der Waals surface area (Å²) < 4.78 is 81.3. The Kier molecular flexibility index (Phi) is 7.15. The maximum Gasteiger partial charge on any atom is 0.456 e. The molecule has 1 saturated heterocycles. The Bertz CT molecular complexity index is 613. The minimum Gasteiger partial charge on any atom is -0.462 e. The topological polar surface area (TPSA) is 61.8 Å². The molecule has 0 saturated carbocycles. The molecule has 154 valence electrons. The zero-order valence-electron chi connectivity index (χ0n) is 15.0. The van der Waals surface area contributed by atoms with E-state index >= 15 is 0 Å². The molecule has 1 rings (SSSR count). The van der Waals surface area contributed by atoms with E-state index in [0.717, 1.165) is 0 Å². The van der Waals surface area contributed by atoms with Gasteiger partial charge in [-0.05, 0) is 20.3 Å². The van der Waals surface area contributed by atoms with Gasteiger partial charge < -0.3 is 14.2 Å². The molecular formula is C17H21F5O5. The molecule has 10 heteroatoms. The van der Waals surface area contributed by atoms with E-state index in [4.69, 9.17) is 9.47 Å². The van der Waals surface area contributed by atoms with Crippen LogP contribution in [0.3, 0.4) is 0 Å². The Labute approximate surface area is 153 Å². The normalized spacial score (nSPS) is 22.6. The molecule has 27 heavy (non-hydrogen) atoms. The fourth-order valence-electron chi connectivity index (χ4n) is 2.57. The monoisotopic (exact) mass is 400 g/mol. The predicted molar refractivity (Wildman–Crippen MR) is 84.0 cm³/mol. The van der Waals surface area contributed by atoms with Crippen LogP contribution in [0.1, 0.15) is 26.7 Å². The van der Waals surface area contributed by atoms with Gasteiger partial charge in [0, 0.05) is 23.5 Å². The number of ether oxygens (including phenoxy) is 3. The van der Waals surface area contributed by atoms with Gasteiger partial charge in [0.25, 0.3) is 0 Å². The van der Waals surface area contributed by atoms with Crippen LogP contribution >= 0.6 is 0 Å². The second-order valence-electron chi connectivity index (χ2n) is 6.34. The van der Waals surface area contributed by atoms with Crippen LogP contribution in [-0.2, 0) is 23.8 Å². The van der Waals surface area contributed by atoms with E-state index in [9.17, 15) is 31.5 Å². The van der Waals surface area contributed by atoms with Crippen LogP contribution in [0.2, 0.25) is 0 Å². The fourth-order valence-corrected chi connectivity index (χ4v) is 2.57. The van der Waals surface area contributed by atoms with Crippen molar-refractivity contribution in [2.45, 2.75) is 44.4 Å². The number of esters is 2. The molecular weight excluding hydrogens is 379 g/mol. The summed E-state index contributed by atoms with van der Waals surface area (Å²) in [6.45, 7) is 7.84. The minimum atomic E-state index is -5.86. The second-order valence-corrected chi connectivity index (χ2v) is 6.34. The lowest BCUT2D eigenvalue weighted by atomic mass is 9.73. The highest BCUT2D eigenvalue weighted by atomic mass is 19.4. The average molecular weight is 400 g/mol. The third-order valence-electron chi connectivity index (χ3n) is 4.19. The number of hydrogen-bond donors (Lipinski definition) is 0. The molecule has 0 spiro atoms. The fraction of sp³-hybridized carbons (Fsp3) is 0.647. The molecule has 0 aromatic carbocycles. The van der Waals surface area contributed by atoms with Crippen LogP contribution in [0.5, 0.6) is 0 Å². The molecule has 0 N–H and O–H groups in total. The van der Waals surface area contributed by atoms with Gasteiger partial charge in [0.15, 0.2) is 0 Å². The predicted octanol–water partition coefficient (Wildman–Crippen LogP) is 3.59. The van der Waals surface area contributed by atoms with Gasteiger partial charge >= 0.3 is 24.0 Å². The maximum absolute atomic E-state index is 14.1. The van der Waals surface area contributed by atoms with Crippen LogP contribution in [0.4, 0.5) is 22.0 Å². The second kappa shape index (κ2) is 8.37. The molecule has 5 nitrogen and oxygen atoms in total. The summed E-state index contributed by atoms with van der Waals surface area (Å²) in [6, 6.07) is 0. The molecule has 1 aliphatic rings. The Morgan fingerprint density at radius 1 is 1.04 bits per heavy atom. The van der Waals surface area contributed by atoms with Crippen LogP contribution in [0.25, 0.3) is 0 Å². The first-order valence-corrected chi connectivity index (χ1v) is 8.00. The Hall–Kier alpha value is -1.97. The molecule has 0 amide bonds. The first-order valence-electron chi connectivity index (χ1n) is 8.00. The van der Waals surface area contributed by atoms with Crippen molar-refractivity contribution < 1.29 is 45.8 Å². The van der Waals surface area contributed by atoms with E-state index < -0.39 is 48.6 Å². The van der Waals surface area contributed by atoms with Crippen molar-refractivity contribution in [2.75, 3.05) is 19.8 Å². The standard InChI is InChI=1S/C17H21F5O5/c1-10(2)13(23)25-7-5-12-9-27-15(12,16(18,19)17(20,21)22)6-8-26-14(24)11(3)4/h12H,1,3,5-9H2,2,4H3. The number of hydrogen-bond acceptors (Lipinski definition) is 5. The number of carbonyl (C=O) groups is 2. The largest absolute Gasteiger partial charge is 0.462 e. The molecule has 1 fully saturated rings. The molecule has 0 aliphatic carbocycles. The van der Waals surface area contributed by atoms with Gasteiger partial charge in [0.2, 0.25) is 0 Å². The number of halogens is 5. The van der Waals surface area contributed by atoms with Crippen LogP contribution in [0, 0.1) is 5.92 Å². The van der Waals surface area contributed by atoms with Crippen LogP contribution < -0.4 is 0 Å². The molecule has 0 aromatic heterocycles. The van der Waals surface area contributed by atoms with Crippen molar-refractivity contribution in [3.05, 3.63) is 24.3 Å². The summed E-state index contributed by atoms with van der Waals surface area (Å²) in [6.07, 6.45) is -7.02. The lowest BCUT2D eigenvalue weighted by Gasteiger charge is -2.53. The van der Waals surface area contributed by atoms with Gasteiger partial charge in [0.05, 0.1) is 19.8 Å².